The van der Waals surface area contributed by atoms with Gasteiger partial charge in [-0.15, -0.1) is 0 Å². The summed E-state index contributed by atoms with van der Waals surface area (Å²) in [5.41, 5.74) is 4.22. The van der Waals surface area contributed by atoms with Gasteiger partial charge in [-0.05, 0) is 61.4 Å². The van der Waals surface area contributed by atoms with E-state index in [0.29, 0.717) is 22.6 Å². The molecule has 4 rings (SSSR count). The predicted molar refractivity (Wildman–Crippen MR) is 125 cm³/mol. The van der Waals surface area contributed by atoms with E-state index in [1.807, 2.05) is 48.9 Å². The molecule has 0 aliphatic carbocycles. The number of amides is 1. The Bertz CT molecular complexity index is 1420. The first-order chi connectivity index (χ1) is 15.2. The fraction of sp³-hybridized carbons (Fsp3) is 0.167. The summed E-state index contributed by atoms with van der Waals surface area (Å²) in [5, 5.41) is 2.86. The third kappa shape index (κ3) is 4.36. The normalized spacial score (nSPS) is 11.5. The topological polar surface area (TPSA) is 93.1 Å². The molecule has 0 saturated heterocycles. The molecule has 1 aromatic heterocycles. The van der Waals surface area contributed by atoms with Crippen LogP contribution in [-0.2, 0) is 23.6 Å². The number of imidazole rings is 1. The van der Waals surface area contributed by atoms with Crippen LogP contribution in [-0.4, -0.2) is 23.9 Å². The molecule has 8 heteroatoms. The van der Waals surface area contributed by atoms with E-state index >= 15 is 0 Å². The number of aromatic nitrogens is 2. The molecule has 1 amide bonds. The number of hydrogen-bond acceptors (Lipinski definition) is 4. The van der Waals surface area contributed by atoms with Crippen molar-refractivity contribution in [1.82, 2.24) is 14.9 Å². The Hall–Kier alpha value is -3.65. The number of carbonyl (C=O) groups excluding carboxylic acids is 1. The highest BCUT2D eigenvalue weighted by Crippen LogP contribution is 2.20. The van der Waals surface area contributed by atoms with E-state index < -0.39 is 10.0 Å². The first kappa shape index (κ1) is 21.6. The molecule has 3 aromatic carbocycles. The van der Waals surface area contributed by atoms with Gasteiger partial charge in [0, 0.05) is 18.3 Å². The fourth-order valence-corrected chi connectivity index (χ4v) is 4.62. The number of anilines is 1. The molecular formula is C24H24N4O3S. The number of nitrogens with one attached hydrogen (secondary N) is 2. The number of nitrogens with zero attached hydrogens (tertiary/aromatic N) is 2. The van der Waals surface area contributed by atoms with Crippen LogP contribution in [0.5, 0.6) is 0 Å². The van der Waals surface area contributed by atoms with E-state index in [1.54, 1.807) is 31.2 Å². The Labute approximate surface area is 187 Å². The van der Waals surface area contributed by atoms with E-state index in [-0.39, 0.29) is 17.3 Å². The zero-order valence-electron chi connectivity index (χ0n) is 18.1. The summed E-state index contributed by atoms with van der Waals surface area (Å²) in [5.74, 6) is 0.351. The van der Waals surface area contributed by atoms with Gasteiger partial charge in [0.15, 0.2) is 0 Å². The molecule has 0 spiro atoms. The molecule has 0 aliphatic heterocycles. The number of aryl methyl sites for hydroxylation is 3. The van der Waals surface area contributed by atoms with Crippen molar-refractivity contribution in [2.75, 3.05) is 4.72 Å². The molecular weight excluding hydrogens is 424 g/mol. The zero-order chi connectivity index (χ0) is 22.9. The first-order valence-electron chi connectivity index (χ1n) is 10.1. The van der Waals surface area contributed by atoms with Gasteiger partial charge in [-0.1, -0.05) is 30.3 Å². The highest BCUT2D eigenvalue weighted by molar-refractivity contribution is 7.92. The minimum absolute atomic E-state index is 0.0255. The van der Waals surface area contributed by atoms with E-state index in [1.165, 1.54) is 12.1 Å². The highest BCUT2D eigenvalue weighted by Gasteiger charge is 2.19. The predicted octanol–water partition coefficient (Wildman–Crippen LogP) is 3.92. The summed E-state index contributed by atoms with van der Waals surface area (Å²) >= 11 is 0. The lowest BCUT2D eigenvalue weighted by atomic mass is 10.1. The molecule has 164 valence electrons. The second kappa shape index (κ2) is 8.47. The van der Waals surface area contributed by atoms with Crippen molar-refractivity contribution < 1.29 is 13.2 Å². The Balaban J connectivity index is 1.55. The second-order valence-electron chi connectivity index (χ2n) is 7.71. The molecule has 32 heavy (non-hydrogen) atoms. The molecule has 1 heterocycles. The quantitative estimate of drug-likeness (QED) is 0.468. The van der Waals surface area contributed by atoms with Crippen molar-refractivity contribution in [1.29, 1.82) is 0 Å². The number of para-hydroxylation sites is 2. The lowest BCUT2D eigenvalue weighted by Gasteiger charge is -2.12. The Morgan fingerprint density at radius 2 is 1.78 bits per heavy atom. The van der Waals surface area contributed by atoms with E-state index in [4.69, 9.17) is 0 Å². The summed E-state index contributed by atoms with van der Waals surface area (Å²) in [6.07, 6.45) is 0. The molecule has 4 aromatic rings. The summed E-state index contributed by atoms with van der Waals surface area (Å²) in [4.78, 5) is 17.5. The number of sulfonamides is 1. The number of benzene rings is 3. The van der Waals surface area contributed by atoms with Gasteiger partial charge in [0.05, 0.1) is 22.5 Å². The highest BCUT2D eigenvalue weighted by atomic mass is 32.2. The molecule has 0 fully saturated rings. The molecule has 0 bridgehead atoms. The van der Waals surface area contributed by atoms with E-state index in [9.17, 15) is 13.2 Å². The Kier molecular flexibility index (Phi) is 5.71. The average Bonchev–Trinajstić information content (AvgIpc) is 3.07. The van der Waals surface area contributed by atoms with Crippen LogP contribution >= 0.6 is 0 Å². The lowest BCUT2D eigenvalue weighted by Crippen LogP contribution is -2.25. The van der Waals surface area contributed by atoms with Gasteiger partial charge >= 0.3 is 0 Å². The summed E-state index contributed by atoms with van der Waals surface area (Å²) in [7, 11) is -1.95. The van der Waals surface area contributed by atoms with Crippen LogP contribution in [0.2, 0.25) is 0 Å². The number of carbonyl (C=O) groups is 1. The van der Waals surface area contributed by atoms with Gasteiger partial charge in [-0.3, -0.25) is 9.52 Å². The lowest BCUT2D eigenvalue weighted by molar-refractivity contribution is 0.0949. The van der Waals surface area contributed by atoms with Crippen LogP contribution in [0.25, 0.3) is 11.0 Å². The maximum Gasteiger partial charge on any atom is 0.261 e. The maximum absolute atomic E-state index is 12.9. The number of rotatable bonds is 6. The Morgan fingerprint density at radius 3 is 2.53 bits per heavy atom. The third-order valence-corrected chi connectivity index (χ3v) is 6.70. The van der Waals surface area contributed by atoms with Gasteiger partial charge in [0.25, 0.3) is 15.9 Å². The average molecular weight is 449 g/mol. The minimum Gasteiger partial charge on any atom is -0.345 e. The van der Waals surface area contributed by atoms with Crippen LogP contribution in [0.1, 0.15) is 27.3 Å². The zero-order valence-corrected chi connectivity index (χ0v) is 18.9. The van der Waals surface area contributed by atoms with Crippen molar-refractivity contribution in [2.24, 2.45) is 7.05 Å². The molecule has 0 saturated carbocycles. The van der Waals surface area contributed by atoms with Gasteiger partial charge in [-0.2, -0.15) is 0 Å². The van der Waals surface area contributed by atoms with Crippen LogP contribution in [0.4, 0.5) is 5.69 Å². The first-order valence-corrected chi connectivity index (χ1v) is 11.6. The largest absolute Gasteiger partial charge is 0.345 e. The van der Waals surface area contributed by atoms with Crippen molar-refractivity contribution in [3.63, 3.8) is 0 Å². The molecule has 0 atom stereocenters. The molecule has 2 N–H and O–H groups in total. The van der Waals surface area contributed by atoms with Gasteiger partial charge in [-0.25, -0.2) is 13.4 Å². The van der Waals surface area contributed by atoms with Gasteiger partial charge in [0.1, 0.15) is 5.82 Å². The molecule has 0 aliphatic rings. The number of fused-ring (bicyclic) bond motifs is 1. The minimum atomic E-state index is -3.84. The molecule has 0 radical (unpaired) electrons. The summed E-state index contributed by atoms with van der Waals surface area (Å²) in [6, 6.07) is 19.4. The third-order valence-electron chi connectivity index (χ3n) is 5.32. The molecule has 0 unspecified atom stereocenters. The summed E-state index contributed by atoms with van der Waals surface area (Å²) in [6.45, 7) is 3.88. The fourth-order valence-electron chi connectivity index (χ4n) is 3.54. The van der Waals surface area contributed by atoms with Crippen LogP contribution in [0, 0.1) is 13.8 Å². The van der Waals surface area contributed by atoms with Crippen LogP contribution in [0.15, 0.2) is 71.6 Å². The monoisotopic (exact) mass is 448 g/mol. The standard InChI is InChI=1S/C24H24N4O3S/c1-16-7-6-8-18(13-16)27-32(30,31)19-12-11-17(2)20(14-19)24(29)25-15-23-26-21-9-4-5-10-22(21)28(23)3/h4-14,27H,15H2,1-3H3,(H,25,29). The van der Waals surface area contributed by atoms with Gasteiger partial charge in [0.2, 0.25) is 0 Å². The van der Waals surface area contributed by atoms with Gasteiger partial charge < -0.3 is 9.88 Å². The van der Waals surface area contributed by atoms with Crippen molar-refractivity contribution in [3.05, 3.63) is 89.2 Å². The Morgan fingerprint density at radius 1 is 1.00 bits per heavy atom. The smallest absolute Gasteiger partial charge is 0.261 e. The van der Waals surface area contributed by atoms with Crippen molar-refractivity contribution >= 4 is 32.7 Å². The van der Waals surface area contributed by atoms with Crippen molar-refractivity contribution in [3.8, 4) is 0 Å². The van der Waals surface area contributed by atoms with E-state index in [0.717, 1.165) is 16.6 Å². The number of hydrogen-bond donors (Lipinski definition) is 2. The summed E-state index contributed by atoms with van der Waals surface area (Å²) < 4.78 is 30.2. The van der Waals surface area contributed by atoms with Crippen molar-refractivity contribution in [2.45, 2.75) is 25.3 Å². The molecule has 7 nitrogen and oxygen atoms in total. The maximum atomic E-state index is 12.9. The SMILES string of the molecule is Cc1cccc(NS(=O)(=O)c2ccc(C)c(C(=O)NCc3nc4ccccc4n3C)c2)c1. The van der Waals surface area contributed by atoms with Crippen LogP contribution in [0.3, 0.4) is 0 Å². The van der Waals surface area contributed by atoms with Crippen LogP contribution < -0.4 is 10.0 Å². The second-order valence-corrected chi connectivity index (χ2v) is 9.39. The van der Waals surface area contributed by atoms with E-state index in [2.05, 4.69) is 15.0 Å².